The second kappa shape index (κ2) is 6.31. The van der Waals surface area contributed by atoms with Crippen molar-refractivity contribution in [2.75, 3.05) is 4.72 Å². The lowest BCUT2D eigenvalue weighted by Crippen LogP contribution is -2.16. The van der Waals surface area contributed by atoms with Crippen LogP contribution in [0.5, 0.6) is 0 Å². The third kappa shape index (κ3) is 3.82. The highest BCUT2D eigenvalue weighted by atomic mass is 79.9. The fourth-order valence-electron chi connectivity index (χ4n) is 1.56. The van der Waals surface area contributed by atoms with Crippen LogP contribution in [0.3, 0.4) is 0 Å². The van der Waals surface area contributed by atoms with Crippen LogP contribution in [0.25, 0.3) is 0 Å². The summed E-state index contributed by atoms with van der Waals surface area (Å²) < 4.78 is 54.5. The molecule has 3 nitrogen and oxygen atoms in total. The molecular formula is C12H6Br3F2NO2S. The van der Waals surface area contributed by atoms with Crippen molar-refractivity contribution in [2.45, 2.75) is 4.90 Å². The summed E-state index contributed by atoms with van der Waals surface area (Å²) in [5, 5.41) is 0. The molecule has 0 saturated carbocycles. The van der Waals surface area contributed by atoms with E-state index in [1.54, 1.807) is 12.1 Å². The van der Waals surface area contributed by atoms with Crippen LogP contribution in [0, 0.1) is 11.6 Å². The number of halogens is 5. The van der Waals surface area contributed by atoms with Gasteiger partial charge in [0, 0.05) is 19.5 Å². The van der Waals surface area contributed by atoms with Gasteiger partial charge in [-0.2, -0.15) is 0 Å². The normalized spacial score (nSPS) is 11.5. The topological polar surface area (TPSA) is 46.2 Å². The predicted molar refractivity (Wildman–Crippen MR) is 86.7 cm³/mol. The molecule has 0 radical (unpaired) electrons. The molecule has 0 fully saturated rings. The van der Waals surface area contributed by atoms with E-state index >= 15 is 0 Å². The molecule has 2 aromatic rings. The number of hydrogen-bond donors (Lipinski definition) is 1. The van der Waals surface area contributed by atoms with E-state index < -0.39 is 26.6 Å². The van der Waals surface area contributed by atoms with Gasteiger partial charge in [0.2, 0.25) is 0 Å². The maximum Gasteiger partial charge on any atom is 0.265 e. The molecule has 0 aliphatic carbocycles. The Balaban J connectivity index is 2.51. The molecule has 1 N–H and O–H groups in total. The monoisotopic (exact) mass is 503 g/mol. The Labute approximate surface area is 145 Å². The maximum atomic E-state index is 13.8. The number of nitrogens with one attached hydrogen (secondary N) is 1. The summed E-state index contributed by atoms with van der Waals surface area (Å²) in [7, 11) is -4.22. The zero-order chi connectivity index (χ0) is 15.8. The molecule has 0 aliphatic rings. The molecule has 0 heterocycles. The van der Waals surface area contributed by atoms with Crippen molar-refractivity contribution < 1.29 is 17.2 Å². The van der Waals surface area contributed by atoms with E-state index in [2.05, 4.69) is 52.5 Å². The summed E-state index contributed by atoms with van der Waals surface area (Å²) in [4.78, 5) is -0.657. The second-order valence-electron chi connectivity index (χ2n) is 3.93. The average molecular weight is 506 g/mol. The van der Waals surface area contributed by atoms with E-state index in [4.69, 9.17) is 0 Å². The Bertz CT molecular complexity index is 789. The largest absolute Gasteiger partial charge is 0.278 e. The van der Waals surface area contributed by atoms with Crippen molar-refractivity contribution in [3.8, 4) is 0 Å². The van der Waals surface area contributed by atoms with E-state index in [0.717, 1.165) is 6.07 Å². The minimum atomic E-state index is -4.22. The quantitative estimate of drug-likeness (QED) is 0.634. The Morgan fingerprint density at radius 2 is 1.62 bits per heavy atom. The van der Waals surface area contributed by atoms with Crippen molar-refractivity contribution in [3.05, 3.63) is 55.4 Å². The third-order valence-electron chi connectivity index (χ3n) is 2.40. The molecule has 0 atom stereocenters. The molecule has 0 aliphatic heterocycles. The predicted octanol–water partition coefficient (Wildman–Crippen LogP) is 5.05. The average Bonchev–Trinajstić information content (AvgIpc) is 2.31. The molecule has 2 rings (SSSR count). The maximum absolute atomic E-state index is 13.8. The summed E-state index contributed by atoms with van der Waals surface area (Å²) in [6.07, 6.45) is 0. The Hall–Kier alpha value is -0.510. The number of anilines is 1. The van der Waals surface area contributed by atoms with Crippen molar-refractivity contribution in [1.82, 2.24) is 0 Å². The van der Waals surface area contributed by atoms with Gasteiger partial charge in [-0.15, -0.1) is 0 Å². The Morgan fingerprint density at radius 3 is 2.24 bits per heavy atom. The van der Waals surface area contributed by atoms with Gasteiger partial charge < -0.3 is 0 Å². The number of sulfonamides is 1. The van der Waals surface area contributed by atoms with Gasteiger partial charge in [-0.05, 0) is 56.1 Å². The fraction of sp³-hybridized carbons (Fsp3) is 0. The van der Waals surface area contributed by atoms with E-state index in [1.165, 1.54) is 6.07 Å². The van der Waals surface area contributed by atoms with Crippen molar-refractivity contribution in [2.24, 2.45) is 0 Å². The molecular weight excluding hydrogens is 500 g/mol. The van der Waals surface area contributed by atoms with Crippen molar-refractivity contribution >= 4 is 63.5 Å². The molecule has 0 spiro atoms. The van der Waals surface area contributed by atoms with Gasteiger partial charge in [0.1, 0.15) is 16.5 Å². The van der Waals surface area contributed by atoms with E-state index in [1.807, 2.05) is 0 Å². The summed E-state index contributed by atoms with van der Waals surface area (Å²) in [6.45, 7) is 0. The van der Waals surface area contributed by atoms with Gasteiger partial charge in [-0.25, -0.2) is 17.2 Å². The lowest BCUT2D eigenvalue weighted by atomic mass is 10.3. The van der Waals surface area contributed by atoms with Crippen molar-refractivity contribution in [1.29, 1.82) is 0 Å². The molecule has 9 heteroatoms. The Kier molecular flexibility index (Phi) is 5.07. The standard InChI is InChI=1S/C12H6Br3F2NO2S/c13-6-1-2-8(14)11(3-6)18-21(19,20)12-9(15)4-7(16)5-10(12)17/h1-5,18H. The van der Waals surface area contributed by atoms with Crippen LogP contribution < -0.4 is 4.72 Å². The lowest BCUT2D eigenvalue weighted by molar-refractivity contribution is 0.548. The minimum Gasteiger partial charge on any atom is -0.278 e. The summed E-state index contributed by atoms with van der Waals surface area (Å²) in [6, 6.07) is 6.23. The number of rotatable bonds is 3. The van der Waals surface area contributed by atoms with Gasteiger partial charge in [-0.3, -0.25) is 4.72 Å². The highest BCUT2D eigenvalue weighted by Gasteiger charge is 2.24. The van der Waals surface area contributed by atoms with Gasteiger partial charge in [0.25, 0.3) is 10.0 Å². The SMILES string of the molecule is O=S(=O)(Nc1cc(Br)ccc1Br)c1c(F)cc(F)cc1Br. The van der Waals surface area contributed by atoms with Crippen LogP contribution in [-0.2, 0) is 10.0 Å². The highest BCUT2D eigenvalue weighted by Crippen LogP contribution is 2.31. The second-order valence-corrected chi connectivity index (χ2v) is 8.17. The molecule has 0 bridgehead atoms. The van der Waals surface area contributed by atoms with E-state index in [0.29, 0.717) is 15.0 Å². The van der Waals surface area contributed by atoms with Crippen molar-refractivity contribution in [3.63, 3.8) is 0 Å². The number of hydrogen-bond acceptors (Lipinski definition) is 2. The fourth-order valence-corrected chi connectivity index (χ4v) is 4.63. The van der Waals surface area contributed by atoms with Gasteiger partial charge in [-0.1, -0.05) is 15.9 Å². The van der Waals surface area contributed by atoms with E-state index in [9.17, 15) is 17.2 Å². The zero-order valence-electron chi connectivity index (χ0n) is 10.0. The van der Waals surface area contributed by atoms with Crippen LogP contribution >= 0.6 is 47.8 Å². The van der Waals surface area contributed by atoms with Crippen LogP contribution in [0.2, 0.25) is 0 Å². The molecule has 112 valence electrons. The van der Waals surface area contributed by atoms with Gasteiger partial charge in [0.05, 0.1) is 5.69 Å². The third-order valence-corrected chi connectivity index (χ3v) is 5.92. The van der Waals surface area contributed by atoms with Crippen LogP contribution in [0.15, 0.2) is 48.6 Å². The first-order valence-electron chi connectivity index (χ1n) is 5.33. The minimum absolute atomic E-state index is 0.196. The van der Waals surface area contributed by atoms with Crippen LogP contribution in [0.1, 0.15) is 0 Å². The summed E-state index contributed by atoms with van der Waals surface area (Å²) in [5.41, 5.74) is 0.222. The molecule has 21 heavy (non-hydrogen) atoms. The first-order chi connectivity index (χ1) is 9.70. The molecule has 2 aromatic carbocycles. The van der Waals surface area contributed by atoms with Gasteiger partial charge in [0.15, 0.2) is 0 Å². The Morgan fingerprint density at radius 1 is 0.952 bits per heavy atom. The smallest absolute Gasteiger partial charge is 0.265 e. The summed E-state index contributed by atoms with van der Waals surface area (Å²) in [5.74, 6) is -2.05. The first kappa shape index (κ1) is 16.9. The van der Waals surface area contributed by atoms with Crippen LogP contribution in [-0.4, -0.2) is 8.42 Å². The molecule has 0 saturated heterocycles. The summed E-state index contributed by atoms with van der Waals surface area (Å²) >= 11 is 9.26. The molecule has 0 aromatic heterocycles. The number of benzene rings is 2. The van der Waals surface area contributed by atoms with E-state index in [-0.39, 0.29) is 10.2 Å². The molecule has 0 amide bonds. The first-order valence-corrected chi connectivity index (χ1v) is 9.19. The highest BCUT2D eigenvalue weighted by molar-refractivity contribution is 9.11. The zero-order valence-corrected chi connectivity index (χ0v) is 15.6. The van der Waals surface area contributed by atoms with Crippen LogP contribution in [0.4, 0.5) is 14.5 Å². The lowest BCUT2D eigenvalue weighted by Gasteiger charge is -2.12. The molecule has 0 unspecified atom stereocenters. The van der Waals surface area contributed by atoms with Gasteiger partial charge >= 0.3 is 0 Å².